The molecular weight excluding hydrogens is 366 g/mol. The van der Waals surface area contributed by atoms with Crippen LogP contribution >= 0.6 is 0 Å². The van der Waals surface area contributed by atoms with Crippen LogP contribution in [0.3, 0.4) is 0 Å². The standard InChI is InChI=1S/C24H21NO4/c1-29-15-14-25-21(19-13-7-11-16-8-5-6-12-18(16)19)20(23(27)24(25)28)22(26)17-9-3-2-4-10-17/h2-13,21,26H,14-15H2,1H3/b22-20+. The van der Waals surface area contributed by atoms with Crippen molar-refractivity contribution in [2.45, 2.75) is 6.04 Å². The van der Waals surface area contributed by atoms with E-state index in [0.717, 1.165) is 16.3 Å². The van der Waals surface area contributed by atoms with Crippen LogP contribution in [-0.2, 0) is 14.3 Å². The Labute approximate surface area is 168 Å². The summed E-state index contributed by atoms with van der Waals surface area (Å²) in [5.74, 6) is -1.47. The minimum Gasteiger partial charge on any atom is -0.507 e. The molecule has 1 heterocycles. The number of aliphatic hydroxyl groups is 1. The Morgan fingerprint density at radius 1 is 0.966 bits per heavy atom. The Morgan fingerprint density at radius 2 is 1.66 bits per heavy atom. The molecule has 0 saturated carbocycles. The smallest absolute Gasteiger partial charge is 0.295 e. The highest BCUT2D eigenvalue weighted by atomic mass is 16.5. The first-order valence-electron chi connectivity index (χ1n) is 9.44. The van der Waals surface area contributed by atoms with Crippen molar-refractivity contribution in [2.75, 3.05) is 20.3 Å². The maximum Gasteiger partial charge on any atom is 0.295 e. The van der Waals surface area contributed by atoms with Gasteiger partial charge in [0.1, 0.15) is 5.76 Å². The summed E-state index contributed by atoms with van der Waals surface area (Å²) in [5, 5.41) is 12.9. The fourth-order valence-corrected chi connectivity index (χ4v) is 3.86. The lowest BCUT2D eigenvalue weighted by atomic mass is 9.91. The number of benzene rings is 3. The van der Waals surface area contributed by atoms with E-state index in [-0.39, 0.29) is 17.9 Å². The normalized spacial score (nSPS) is 18.5. The van der Waals surface area contributed by atoms with Gasteiger partial charge in [-0.2, -0.15) is 0 Å². The number of nitrogens with zero attached hydrogens (tertiary/aromatic N) is 1. The van der Waals surface area contributed by atoms with E-state index in [9.17, 15) is 14.7 Å². The largest absolute Gasteiger partial charge is 0.507 e. The first-order valence-corrected chi connectivity index (χ1v) is 9.44. The Hall–Kier alpha value is -3.44. The zero-order valence-electron chi connectivity index (χ0n) is 16.0. The van der Waals surface area contributed by atoms with Gasteiger partial charge in [0.05, 0.1) is 18.2 Å². The molecule has 5 heteroatoms. The third kappa shape index (κ3) is 3.30. The molecule has 1 N–H and O–H groups in total. The summed E-state index contributed by atoms with van der Waals surface area (Å²) in [6, 6.07) is 21.7. The van der Waals surface area contributed by atoms with Crippen molar-refractivity contribution >= 4 is 28.2 Å². The van der Waals surface area contributed by atoms with Crippen LogP contribution in [0, 0.1) is 0 Å². The molecule has 1 atom stereocenters. The van der Waals surface area contributed by atoms with Crippen LogP contribution in [0.1, 0.15) is 17.2 Å². The number of ketones is 1. The molecule has 1 fully saturated rings. The number of hydrogen-bond donors (Lipinski definition) is 1. The number of rotatable bonds is 5. The summed E-state index contributed by atoms with van der Waals surface area (Å²) in [7, 11) is 1.55. The van der Waals surface area contributed by atoms with Crippen molar-refractivity contribution in [3.05, 3.63) is 89.5 Å². The zero-order chi connectivity index (χ0) is 20.4. The molecule has 3 aromatic carbocycles. The third-order valence-electron chi connectivity index (χ3n) is 5.24. The number of likely N-dealkylation sites (tertiary alicyclic amines) is 1. The van der Waals surface area contributed by atoms with E-state index in [4.69, 9.17) is 4.74 Å². The second-order valence-electron chi connectivity index (χ2n) is 6.92. The minimum atomic E-state index is -0.684. The fraction of sp³-hybridized carbons (Fsp3) is 0.167. The van der Waals surface area contributed by atoms with Crippen LogP contribution < -0.4 is 0 Å². The number of methoxy groups -OCH3 is 1. The Bertz CT molecular complexity index is 1100. The van der Waals surface area contributed by atoms with E-state index in [2.05, 4.69) is 0 Å². The van der Waals surface area contributed by atoms with Crippen molar-refractivity contribution < 1.29 is 19.4 Å². The average Bonchev–Trinajstić information content (AvgIpc) is 3.02. The molecule has 1 aliphatic heterocycles. The fourth-order valence-electron chi connectivity index (χ4n) is 3.86. The third-order valence-corrected chi connectivity index (χ3v) is 5.24. The van der Waals surface area contributed by atoms with Crippen LogP contribution in [0.25, 0.3) is 16.5 Å². The molecule has 5 nitrogen and oxygen atoms in total. The molecule has 1 amide bonds. The zero-order valence-corrected chi connectivity index (χ0v) is 16.0. The molecule has 3 aromatic rings. The highest BCUT2D eigenvalue weighted by Gasteiger charge is 2.46. The highest BCUT2D eigenvalue weighted by molar-refractivity contribution is 6.46. The first kappa shape index (κ1) is 18.9. The van der Waals surface area contributed by atoms with E-state index in [1.807, 2.05) is 48.5 Å². The molecule has 0 aliphatic carbocycles. The second kappa shape index (κ2) is 7.89. The summed E-state index contributed by atoms with van der Waals surface area (Å²) in [4.78, 5) is 27.3. The van der Waals surface area contributed by atoms with Crippen LogP contribution in [0.5, 0.6) is 0 Å². The van der Waals surface area contributed by atoms with Gasteiger partial charge in [-0.25, -0.2) is 0 Å². The maximum absolute atomic E-state index is 13.0. The molecule has 0 bridgehead atoms. The van der Waals surface area contributed by atoms with E-state index in [1.165, 1.54) is 4.90 Å². The van der Waals surface area contributed by atoms with Crippen LogP contribution in [-0.4, -0.2) is 42.0 Å². The molecule has 4 rings (SSSR count). The molecule has 0 radical (unpaired) electrons. The lowest BCUT2D eigenvalue weighted by Gasteiger charge is -2.26. The van der Waals surface area contributed by atoms with E-state index >= 15 is 0 Å². The SMILES string of the molecule is COCCN1C(=O)C(=O)/C(=C(/O)c2ccccc2)C1c1cccc2ccccc12. The number of Topliss-reactive ketones (excluding diaryl/α,β-unsaturated/α-hetero) is 1. The first-order chi connectivity index (χ1) is 14.1. The Kier molecular flexibility index (Phi) is 5.14. The van der Waals surface area contributed by atoms with Gasteiger partial charge >= 0.3 is 0 Å². The van der Waals surface area contributed by atoms with Crippen molar-refractivity contribution in [3.8, 4) is 0 Å². The van der Waals surface area contributed by atoms with Crippen LogP contribution in [0.15, 0.2) is 78.4 Å². The minimum absolute atomic E-state index is 0.105. The maximum atomic E-state index is 13.0. The predicted octanol–water partition coefficient (Wildman–Crippen LogP) is 3.91. The lowest BCUT2D eigenvalue weighted by Crippen LogP contribution is -2.32. The van der Waals surface area contributed by atoms with Crippen molar-refractivity contribution in [3.63, 3.8) is 0 Å². The number of carbonyl (C=O) groups is 2. The lowest BCUT2D eigenvalue weighted by molar-refractivity contribution is -0.140. The topological polar surface area (TPSA) is 66.8 Å². The number of hydrogen-bond acceptors (Lipinski definition) is 4. The Morgan fingerprint density at radius 3 is 2.41 bits per heavy atom. The molecule has 1 unspecified atom stereocenters. The predicted molar refractivity (Wildman–Crippen MR) is 111 cm³/mol. The van der Waals surface area contributed by atoms with Gasteiger partial charge in [-0.1, -0.05) is 72.8 Å². The Balaban J connectivity index is 1.96. The number of carbonyl (C=O) groups excluding carboxylic acids is 2. The number of fused-ring (bicyclic) bond motifs is 1. The van der Waals surface area contributed by atoms with E-state index < -0.39 is 17.7 Å². The molecule has 0 aromatic heterocycles. The summed E-state index contributed by atoms with van der Waals surface area (Å²) < 4.78 is 5.16. The summed E-state index contributed by atoms with van der Waals surface area (Å²) in [6.45, 7) is 0.542. The van der Waals surface area contributed by atoms with Crippen LogP contribution in [0.4, 0.5) is 0 Å². The second-order valence-corrected chi connectivity index (χ2v) is 6.92. The molecular formula is C24H21NO4. The van der Waals surface area contributed by atoms with Crippen molar-refractivity contribution in [1.82, 2.24) is 4.90 Å². The molecule has 0 spiro atoms. The van der Waals surface area contributed by atoms with Gasteiger partial charge in [0.15, 0.2) is 0 Å². The van der Waals surface area contributed by atoms with Gasteiger partial charge < -0.3 is 14.7 Å². The van der Waals surface area contributed by atoms with E-state index in [1.54, 1.807) is 31.4 Å². The van der Waals surface area contributed by atoms with Crippen LogP contribution in [0.2, 0.25) is 0 Å². The van der Waals surface area contributed by atoms with Gasteiger partial charge in [0.25, 0.3) is 11.7 Å². The molecule has 1 saturated heterocycles. The van der Waals surface area contributed by atoms with Crippen molar-refractivity contribution in [1.29, 1.82) is 0 Å². The van der Waals surface area contributed by atoms with Gasteiger partial charge in [-0.3, -0.25) is 9.59 Å². The summed E-state index contributed by atoms with van der Waals surface area (Å²) in [5.41, 5.74) is 1.41. The highest BCUT2D eigenvalue weighted by Crippen LogP contribution is 2.41. The quantitative estimate of drug-likeness (QED) is 0.410. The summed E-state index contributed by atoms with van der Waals surface area (Å²) in [6.07, 6.45) is 0. The van der Waals surface area contributed by atoms with Crippen molar-refractivity contribution in [2.24, 2.45) is 0 Å². The van der Waals surface area contributed by atoms with Gasteiger partial charge in [-0.05, 0) is 16.3 Å². The average molecular weight is 387 g/mol. The van der Waals surface area contributed by atoms with E-state index in [0.29, 0.717) is 12.2 Å². The van der Waals surface area contributed by atoms with Gasteiger partial charge in [0, 0.05) is 19.2 Å². The molecule has 1 aliphatic rings. The summed E-state index contributed by atoms with van der Waals surface area (Å²) >= 11 is 0. The number of amides is 1. The molecule has 146 valence electrons. The number of aliphatic hydroxyl groups excluding tert-OH is 1. The van der Waals surface area contributed by atoms with Gasteiger partial charge in [0.2, 0.25) is 0 Å². The molecule has 29 heavy (non-hydrogen) atoms. The van der Waals surface area contributed by atoms with Gasteiger partial charge in [-0.15, -0.1) is 0 Å². The monoisotopic (exact) mass is 387 g/mol. The number of ether oxygens (including phenoxy) is 1.